The van der Waals surface area contributed by atoms with Crippen molar-refractivity contribution in [2.75, 3.05) is 0 Å². The van der Waals surface area contributed by atoms with Gasteiger partial charge in [0.15, 0.2) is 0 Å². The first-order valence-corrected chi connectivity index (χ1v) is 6.19. The molecule has 2 aliphatic heterocycles. The second-order valence-electron chi connectivity index (χ2n) is 4.94. The van der Waals surface area contributed by atoms with Gasteiger partial charge in [0.1, 0.15) is 0 Å². The standard InChI is InChI=1S/C14H19N/c1-3-10(2)15-13-8-9-14(15)12-7-5-4-6-11(12)13/h4-7,10,13-14H,3,8-9H2,1-2H3/t10-,13?,14?/m1/s1. The van der Waals surface area contributed by atoms with E-state index >= 15 is 0 Å². The summed E-state index contributed by atoms with van der Waals surface area (Å²) in [4.78, 5) is 2.74. The highest BCUT2D eigenvalue weighted by Gasteiger charge is 2.44. The van der Waals surface area contributed by atoms with Gasteiger partial charge in [-0.15, -0.1) is 0 Å². The number of hydrogen-bond donors (Lipinski definition) is 0. The van der Waals surface area contributed by atoms with Gasteiger partial charge in [-0.1, -0.05) is 31.2 Å². The SMILES string of the molecule is CC[C@@H](C)N1C2CCC1c1ccccc12. The maximum Gasteiger partial charge on any atom is 0.0361 e. The van der Waals surface area contributed by atoms with Gasteiger partial charge in [0, 0.05) is 18.1 Å². The van der Waals surface area contributed by atoms with Crippen LogP contribution in [0.4, 0.5) is 0 Å². The molecular weight excluding hydrogens is 182 g/mol. The van der Waals surface area contributed by atoms with Crippen molar-refractivity contribution in [2.45, 2.75) is 51.2 Å². The second-order valence-corrected chi connectivity index (χ2v) is 4.94. The Labute approximate surface area is 92.1 Å². The van der Waals surface area contributed by atoms with Gasteiger partial charge < -0.3 is 0 Å². The van der Waals surface area contributed by atoms with Gasteiger partial charge in [0.25, 0.3) is 0 Å². The minimum absolute atomic E-state index is 0.723. The predicted molar refractivity (Wildman–Crippen MR) is 62.8 cm³/mol. The van der Waals surface area contributed by atoms with Crippen molar-refractivity contribution < 1.29 is 0 Å². The van der Waals surface area contributed by atoms with E-state index in [0.717, 1.165) is 18.1 Å². The van der Waals surface area contributed by atoms with Crippen LogP contribution in [0.1, 0.15) is 56.3 Å². The quantitative estimate of drug-likeness (QED) is 0.705. The van der Waals surface area contributed by atoms with Crippen LogP contribution in [0.3, 0.4) is 0 Å². The molecule has 2 unspecified atom stereocenters. The third-order valence-corrected chi connectivity index (χ3v) is 4.25. The molecule has 2 bridgehead atoms. The summed E-state index contributed by atoms with van der Waals surface area (Å²) in [5, 5.41) is 0. The summed E-state index contributed by atoms with van der Waals surface area (Å²) >= 11 is 0. The fourth-order valence-corrected chi connectivity index (χ4v) is 3.41. The van der Waals surface area contributed by atoms with Crippen LogP contribution in [0, 0.1) is 0 Å². The first kappa shape index (κ1) is 9.41. The van der Waals surface area contributed by atoms with Crippen LogP contribution in [0.25, 0.3) is 0 Å². The summed E-state index contributed by atoms with van der Waals surface area (Å²) in [5.41, 5.74) is 3.21. The maximum absolute atomic E-state index is 2.74. The summed E-state index contributed by atoms with van der Waals surface area (Å²) < 4.78 is 0. The van der Waals surface area contributed by atoms with Crippen LogP contribution in [0.15, 0.2) is 24.3 Å². The summed E-state index contributed by atoms with van der Waals surface area (Å²) in [6.07, 6.45) is 4.00. The maximum atomic E-state index is 2.74. The zero-order valence-corrected chi connectivity index (χ0v) is 9.61. The molecule has 3 atom stereocenters. The summed E-state index contributed by atoms with van der Waals surface area (Å²) in [6.45, 7) is 4.67. The van der Waals surface area contributed by atoms with E-state index < -0.39 is 0 Å². The molecule has 1 nitrogen and oxygen atoms in total. The summed E-state index contributed by atoms with van der Waals surface area (Å²) in [7, 11) is 0. The summed E-state index contributed by atoms with van der Waals surface area (Å²) in [6, 6.07) is 11.2. The molecule has 1 aromatic rings. The van der Waals surface area contributed by atoms with E-state index in [-0.39, 0.29) is 0 Å². The number of benzene rings is 1. The van der Waals surface area contributed by atoms with Gasteiger partial charge in [-0.25, -0.2) is 0 Å². The lowest BCUT2D eigenvalue weighted by Gasteiger charge is -2.28. The van der Waals surface area contributed by atoms with Crippen molar-refractivity contribution >= 4 is 0 Å². The van der Waals surface area contributed by atoms with Crippen molar-refractivity contribution in [3.8, 4) is 0 Å². The molecule has 15 heavy (non-hydrogen) atoms. The third-order valence-electron chi connectivity index (χ3n) is 4.25. The Morgan fingerprint density at radius 2 is 1.73 bits per heavy atom. The average molecular weight is 201 g/mol. The van der Waals surface area contributed by atoms with E-state index in [9.17, 15) is 0 Å². The molecule has 0 radical (unpaired) electrons. The molecular formula is C14H19N. The zero-order valence-electron chi connectivity index (χ0n) is 9.61. The van der Waals surface area contributed by atoms with Crippen molar-refractivity contribution in [1.29, 1.82) is 0 Å². The molecule has 1 aromatic carbocycles. The molecule has 0 spiro atoms. The topological polar surface area (TPSA) is 3.24 Å². The Balaban J connectivity index is 2.01. The Bertz CT molecular complexity index is 340. The van der Waals surface area contributed by atoms with E-state index in [1.165, 1.54) is 19.3 Å². The van der Waals surface area contributed by atoms with Gasteiger partial charge >= 0.3 is 0 Å². The highest BCUT2D eigenvalue weighted by atomic mass is 15.3. The molecule has 0 saturated carbocycles. The van der Waals surface area contributed by atoms with Crippen LogP contribution < -0.4 is 0 Å². The van der Waals surface area contributed by atoms with E-state index in [0.29, 0.717) is 0 Å². The zero-order chi connectivity index (χ0) is 10.4. The summed E-state index contributed by atoms with van der Waals surface area (Å²) in [5.74, 6) is 0. The van der Waals surface area contributed by atoms with Crippen molar-refractivity contribution in [1.82, 2.24) is 4.90 Å². The van der Waals surface area contributed by atoms with E-state index in [4.69, 9.17) is 0 Å². The lowest BCUT2D eigenvalue weighted by atomic mass is 9.92. The molecule has 3 rings (SSSR count). The van der Waals surface area contributed by atoms with Crippen LogP contribution >= 0.6 is 0 Å². The van der Waals surface area contributed by atoms with Gasteiger partial charge in [-0.2, -0.15) is 0 Å². The Morgan fingerprint density at radius 3 is 2.20 bits per heavy atom. The highest BCUT2D eigenvalue weighted by Crippen LogP contribution is 2.53. The first-order chi connectivity index (χ1) is 7.33. The normalized spacial score (nSPS) is 30.5. The fourth-order valence-electron chi connectivity index (χ4n) is 3.41. The van der Waals surface area contributed by atoms with Crippen LogP contribution in [0.5, 0.6) is 0 Å². The largest absolute Gasteiger partial charge is 0.287 e. The molecule has 0 N–H and O–H groups in total. The molecule has 2 aliphatic rings. The molecule has 1 heteroatoms. The number of fused-ring (bicyclic) bond motifs is 5. The van der Waals surface area contributed by atoms with E-state index in [2.05, 4.69) is 43.0 Å². The Kier molecular flexibility index (Phi) is 2.10. The number of hydrogen-bond acceptors (Lipinski definition) is 1. The molecule has 80 valence electrons. The minimum atomic E-state index is 0.723. The highest BCUT2D eigenvalue weighted by molar-refractivity contribution is 5.40. The third kappa shape index (κ3) is 1.19. The van der Waals surface area contributed by atoms with Gasteiger partial charge in [0.05, 0.1) is 0 Å². The lowest BCUT2D eigenvalue weighted by molar-refractivity contribution is 0.158. The predicted octanol–water partition coefficient (Wildman–Crippen LogP) is 3.68. The molecule has 1 saturated heterocycles. The molecule has 0 aromatic heterocycles. The minimum Gasteiger partial charge on any atom is -0.287 e. The molecule has 2 heterocycles. The van der Waals surface area contributed by atoms with Crippen molar-refractivity contribution in [3.63, 3.8) is 0 Å². The average Bonchev–Trinajstić information content (AvgIpc) is 2.84. The molecule has 0 aliphatic carbocycles. The Morgan fingerprint density at radius 1 is 1.20 bits per heavy atom. The number of rotatable bonds is 2. The van der Waals surface area contributed by atoms with E-state index in [1.807, 2.05) is 0 Å². The van der Waals surface area contributed by atoms with Crippen LogP contribution in [0.2, 0.25) is 0 Å². The first-order valence-electron chi connectivity index (χ1n) is 6.19. The van der Waals surface area contributed by atoms with Gasteiger partial charge in [-0.05, 0) is 37.3 Å². The van der Waals surface area contributed by atoms with Gasteiger partial charge in [0.2, 0.25) is 0 Å². The van der Waals surface area contributed by atoms with Crippen molar-refractivity contribution in [3.05, 3.63) is 35.4 Å². The smallest absolute Gasteiger partial charge is 0.0361 e. The lowest BCUT2D eigenvalue weighted by Crippen LogP contribution is -2.29. The second kappa shape index (κ2) is 3.34. The fraction of sp³-hybridized carbons (Fsp3) is 0.571. The Hall–Kier alpha value is -0.820. The molecule has 0 amide bonds. The van der Waals surface area contributed by atoms with Gasteiger partial charge in [-0.3, -0.25) is 4.90 Å². The molecule has 1 fully saturated rings. The monoisotopic (exact) mass is 201 g/mol. The van der Waals surface area contributed by atoms with E-state index in [1.54, 1.807) is 11.1 Å². The number of nitrogens with zero attached hydrogens (tertiary/aromatic N) is 1. The van der Waals surface area contributed by atoms with Crippen LogP contribution in [-0.4, -0.2) is 10.9 Å². The van der Waals surface area contributed by atoms with Crippen molar-refractivity contribution in [2.24, 2.45) is 0 Å². The van der Waals surface area contributed by atoms with Crippen LogP contribution in [-0.2, 0) is 0 Å².